The third-order valence-electron chi connectivity index (χ3n) is 4.18. The molecule has 1 N–H and O–H groups in total. The molecule has 1 saturated carbocycles. The fourth-order valence-electron chi connectivity index (χ4n) is 2.78. The molecule has 2 aromatic rings. The first-order valence-corrected chi connectivity index (χ1v) is 8.79. The minimum Gasteiger partial charge on any atom is -0.421 e. The standard InChI is InChI=1S/C16H21N3O2S/c1-11-2-4-13(5-3-11)17-14(20)6-7-15-18-19-16(21-15)12-8-9-22-10-12/h8-11,13H,2-7H2,1H3,(H,17,20). The highest BCUT2D eigenvalue weighted by molar-refractivity contribution is 7.08. The Labute approximate surface area is 134 Å². The van der Waals surface area contributed by atoms with Crippen LogP contribution in [-0.4, -0.2) is 22.1 Å². The van der Waals surface area contributed by atoms with Gasteiger partial charge in [0.25, 0.3) is 0 Å². The van der Waals surface area contributed by atoms with Crippen LogP contribution in [0.5, 0.6) is 0 Å². The highest BCUT2D eigenvalue weighted by Crippen LogP contribution is 2.23. The third-order valence-corrected chi connectivity index (χ3v) is 4.87. The molecule has 0 bridgehead atoms. The van der Waals surface area contributed by atoms with E-state index in [9.17, 15) is 4.79 Å². The van der Waals surface area contributed by atoms with E-state index in [2.05, 4.69) is 22.4 Å². The summed E-state index contributed by atoms with van der Waals surface area (Å²) < 4.78 is 5.59. The van der Waals surface area contributed by atoms with Gasteiger partial charge in [0.05, 0.1) is 0 Å². The minimum atomic E-state index is 0.0786. The second-order valence-electron chi connectivity index (χ2n) is 6.04. The van der Waals surface area contributed by atoms with Gasteiger partial charge in [0.1, 0.15) is 0 Å². The van der Waals surface area contributed by atoms with Crippen LogP contribution in [0.1, 0.15) is 44.9 Å². The van der Waals surface area contributed by atoms with E-state index < -0.39 is 0 Å². The van der Waals surface area contributed by atoms with Gasteiger partial charge in [0, 0.05) is 29.8 Å². The molecule has 22 heavy (non-hydrogen) atoms. The lowest BCUT2D eigenvalue weighted by Crippen LogP contribution is -2.37. The molecule has 0 spiro atoms. The van der Waals surface area contributed by atoms with Crippen LogP contribution >= 0.6 is 11.3 Å². The van der Waals surface area contributed by atoms with Crippen LogP contribution in [0, 0.1) is 5.92 Å². The van der Waals surface area contributed by atoms with Crippen molar-refractivity contribution in [2.75, 3.05) is 0 Å². The molecule has 118 valence electrons. The van der Waals surface area contributed by atoms with Gasteiger partial charge in [-0.1, -0.05) is 6.92 Å². The second kappa shape index (κ2) is 7.05. The van der Waals surface area contributed by atoms with Gasteiger partial charge in [-0.3, -0.25) is 4.79 Å². The Bertz CT molecular complexity index is 601. The van der Waals surface area contributed by atoms with E-state index in [0.29, 0.717) is 30.7 Å². The van der Waals surface area contributed by atoms with Gasteiger partial charge in [-0.2, -0.15) is 11.3 Å². The second-order valence-corrected chi connectivity index (χ2v) is 6.82. The number of nitrogens with one attached hydrogen (secondary N) is 1. The maximum absolute atomic E-state index is 12.0. The normalized spacial score (nSPS) is 21.7. The lowest BCUT2D eigenvalue weighted by molar-refractivity contribution is -0.122. The quantitative estimate of drug-likeness (QED) is 0.917. The molecule has 2 heterocycles. The summed E-state index contributed by atoms with van der Waals surface area (Å²) in [6.45, 7) is 2.28. The number of hydrogen-bond donors (Lipinski definition) is 1. The van der Waals surface area contributed by atoms with E-state index in [1.165, 1.54) is 12.8 Å². The summed E-state index contributed by atoms with van der Waals surface area (Å²) >= 11 is 1.59. The van der Waals surface area contributed by atoms with Crippen LogP contribution in [0.15, 0.2) is 21.2 Å². The van der Waals surface area contributed by atoms with Crippen molar-refractivity contribution in [2.45, 2.75) is 51.5 Å². The summed E-state index contributed by atoms with van der Waals surface area (Å²) in [4.78, 5) is 12.0. The fraction of sp³-hybridized carbons (Fsp3) is 0.562. The molecule has 0 aromatic carbocycles. The molecule has 6 heteroatoms. The zero-order chi connectivity index (χ0) is 15.4. The molecular formula is C16H21N3O2S. The van der Waals surface area contributed by atoms with Crippen molar-refractivity contribution in [2.24, 2.45) is 5.92 Å². The Morgan fingerprint density at radius 1 is 1.36 bits per heavy atom. The van der Waals surface area contributed by atoms with Gasteiger partial charge in [-0.25, -0.2) is 0 Å². The van der Waals surface area contributed by atoms with Crippen LogP contribution < -0.4 is 5.32 Å². The number of amides is 1. The average Bonchev–Trinajstić information content (AvgIpc) is 3.18. The van der Waals surface area contributed by atoms with E-state index in [1.54, 1.807) is 11.3 Å². The van der Waals surface area contributed by atoms with Gasteiger partial charge < -0.3 is 9.73 Å². The van der Waals surface area contributed by atoms with E-state index in [1.807, 2.05) is 16.8 Å². The first-order chi connectivity index (χ1) is 10.7. The number of aryl methyl sites for hydroxylation is 1. The van der Waals surface area contributed by atoms with Crippen molar-refractivity contribution in [3.63, 3.8) is 0 Å². The van der Waals surface area contributed by atoms with Gasteiger partial charge in [-0.15, -0.1) is 10.2 Å². The number of nitrogens with zero attached hydrogens (tertiary/aromatic N) is 2. The molecule has 2 aromatic heterocycles. The smallest absolute Gasteiger partial charge is 0.248 e. The summed E-state index contributed by atoms with van der Waals surface area (Å²) in [5.41, 5.74) is 0.935. The molecule has 0 aliphatic heterocycles. The van der Waals surface area contributed by atoms with Crippen molar-refractivity contribution in [1.29, 1.82) is 0 Å². The van der Waals surface area contributed by atoms with Gasteiger partial charge in [0.15, 0.2) is 0 Å². The van der Waals surface area contributed by atoms with Crippen LogP contribution in [0.25, 0.3) is 11.5 Å². The first kappa shape index (κ1) is 15.2. The topological polar surface area (TPSA) is 68.0 Å². The van der Waals surface area contributed by atoms with Crippen molar-refractivity contribution < 1.29 is 9.21 Å². The van der Waals surface area contributed by atoms with Crippen molar-refractivity contribution >= 4 is 17.2 Å². The highest BCUT2D eigenvalue weighted by Gasteiger charge is 2.20. The minimum absolute atomic E-state index is 0.0786. The zero-order valence-corrected chi connectivity index (χ0v) is 13.6. The SMILES string of the molecule is CC1CCC(NC(=O)CCc2nnc(-c3ccsc3)o2)CC1. The maximum atomic E-state index is 12.0. The molecule has 1 aliphatic carbocycles. The summed E-state index contributed by atoms with van der Waals surface area (Å²) in [7, 11) is 0. The molecule has 1 amide bonds. The zero-order valence-electron chi connectivity index (χ0n) is 12.7. The van der Waals surface area contributed by atoms with Gasteiger partial charge in [0.2, 0.25) is 17.7 Å². The maximum Gasteiger partial charge on any atom is 0.248 e. The summed E-state index contributed by atoms with van der Waals surface area (Å²) in [5.74, 6) is 1.92. The van der Waals surface area contributed by atoms with Crippen molar-refractivity contribution in [3.8, 4) is 11.5 Å². The first-order valence-electron chi connectivity index (χ1n) is 7.85. The van der Waals surface area contributed by atoms with Crippen molar-refractivity contribution in [1.82, 2.24) is 15.5 Å². The lowest BCUT2D eigenvalue weighted by atomic mass is 9.87. The van der Waals surface area contributed by atoms with Crippen LogP contribution in [-0.2, 0) is 11.2 Å². The van der Waals surface area contributed by atoms with Crippen molar-refractivity contribution in [3.05, 3.63) is 22.7 Å². The van der Waals surface area contributed by atoms with Crippen LogP contribution in [0.3, 0.4) is 0 Å². The van der Waals surface area contributed by atoms with Crippen LogP contribution in [0.4, 0.5) is 0 Å². The van der Waals surface area contributed by atoms with Crippen LogP contribution in [0.2, 0.25) is 0 Å². The molecule has 5 nitrogen and oxygen atoms in total. The number of aromatic nitrogens is 2. The van der Waals surface area contributed by atoms with E-state index in [0.717, 1.165) is 24.3 Å². The summed E-state index contributed by atoms with van der Waals surface area (Å²) in [6, 6.07) is 2.28. The van der Waals surface area contributed by atoms with E-state index >= 15 is 0 Å². The van der Waals surface area contributed by atoms with E-state index in [-0.39, 0.29) is 5.91 Å². The molecule has 0 atom stereocenters. The molecule has 0 saturated heterocycles. The Hall–Kier alpha value is -1.69. The van der Waals surface area contributed by atoms with Gasteiger partial charge >= 0.3 is 0 Å². The third kappa shape index (κ3) is 3.94. The predicted octanol–water partition coefficient (Wildman–Crippen LogP) is 3.43. The summed E-state index contributed by atoms with van der Waals surface area (Å²) in [6.07, 6.45) is 5.49. The summed E-state index contributed by atoms with van der Waals surface area (Å²) in [5, 5.41) is 15.1. The molecule has 0 radical (unpaired) electrons. The fourth-order valence-corrected chi connectivity index (χ4v) is 3.41. The molecule has 3 rings (SSSR count). The molecular weight excluding hydrogens is 298 g/mol. The largest absolute Gasteiger partial charge is 0.421 e. The number of thiophene rings is 1. The molecule has 1 aliphatic rings. The number of hydrogen-bond acceptors (Lipinski definition) is 5. The predicted molar refractivity (Wildman–Crippen MR) is 85.5 cm³/mol. The molecule has 0 unspecified atom stereocenters. The number of carbonyl (C=O) groups excluding carboxylic acids is 1. The Balaban J connectivity index is 1.45. The van der Waals surface area contributed by atoms with Gasteiger partial charge in [-0.05, 0) is 43.0 Å². The average molecular weight is 319 g/mol. The molecule has 1 fully saturated rings. The highest BCUT2D eigenvalue weighted by atomic mass is 32.1. The van der Waals surface area contributed by atoms with E-state index in [4.69, 9.17) is 4.42 Å². The number of rotatable bonds is 5. The lowest BCUT2D eigenvalue weighted by Gasteiger charge is -2.26. The Morgan fingerprint density at radius 2 is 2.18 bits per heavy atom. The number of carbonyl (C=O) groups is 1. The Kier molecular flexibility index (Phi) is 4.87. The monoisotopic (exact) mass is 319 g/mol. The Morgan fingerprint density at radius 3 is 2.91 bits per heavy atom.